The molecule has 0 amide bonds. The smallest absolute Gasteiger partial charge is 0.395 e. The van der Waals surface area contributed by atoms with Crippen LogP contribution in [-0.4, -0.2) is 21.1 Å². The highest BCUT2D eigenvalue weighted by molar-refractivity contribution is 5.48. The molecular weight excluding hydrogens is 363 g/mol. The van der Waals surface area contributed by atoms with Gasteiger partial charge in [-0.1, -0.05) is 18.2 Å². The summed E-state index contributed by atoms with van der Waals surface area (Å²) in [4.78, 5) is 3.92. The normalized spacial score (nSPS) is 24.8. The van der Waals surface area contributed by atoms with E-state index in [4.69, 9.17) is 4.74 Å². The van der Waals surface area contributed by atoms with Crippen molar-refractivity contribution in [3.63, 3.8) is 0 Å². The van der Waals surface area contributed by atoms with Crippen molar-refractivity contribution >= 4 is 0 Å². The highest BCUT2D eigenvalue weighted by atomic mass is 19.3. The Hall–Kier alpha value is -3.07. The molecule has 1 saturated heterocycles. The van der Waals surface area contributed by atoms with Gasteiger partial charge in [0.25, 0.3) is 0 Å². The van der Waals surface area contributed by atoms with Crippen molar-refractivity contribution in [3.05, 3.63) is 72.1 Å². The second kappa shape index (κ2) is 5.46. The van der Waals surface area contributed by atoms with Gasteiger partial charge in [-0.3, -0.25) is 0 Å². The number of nitrogens with zero attached hydrogens (tertiary/aromatic N) is 3. The summed E-state index contributed by atoms with van der Waals surface area (Å²) in [7, 11) is 0. The molecule has 2 atom stereocenters. The standard InChI is InChI=1S/C18H12F3N3O3/c19-13-4-2-12(3-5-13)17(8-24-10-22-9-23-24)16(27-17)11-1-6-14-15(7-11)26-18(20,21)25-14/h1-7,9-10,16H,8H2. The lowest BCUT2D eigenvalue weighted by Gasteiger charge is -2.14. The van der Waals surface area contributed by atoms with Crippen LogP contribution in [0.15, 0.2) is 55.1 Å². The van der Waals surface area contributed by atoms with Gasteiger partial charge in [0, 0.05) is 0 Å². The first-order valence-corrected chi connectivity index (χ1v) is 8.11. The summed E-state index contributed by atoms with van der Waals surface area (Å²) in [5.74, 6) is -0.452. The summed E-state index contributed by atoms with van der Waals surface area (Å²) in [5, 5.41) is 4.10. The molecule has 2 aliphatic heterocycles. The van der Waals surface area contributed by atoms with Crippen LogP contribution in [0.4, 0.5) is 13.2 Å². The minimum absolute atomic E-state index is 0.0342. The number of benzene rings is 2. The van der Waals surface area contributed by atoms with E-state index in [1.807, 2.05) is 0 Å². The average Bonchev–Trinajstić information content (AvgIpc) is 2.96. The molecule has 0 radical (unpaired) electrons. The number of aromatic nitrogens is 3. The molecule has 0 bridgehead atoms. The lowest BCUT2D eigenvalue weighted by atomic mass is 9.91. The minimum Gasteiger partial charge on any atom is -0.395 e. The lowest BCUT2D eigenvalue weighted by molar-refractivity contribution is -0.286. The molecule has 1 fully saturated rings. The number of epoxide rings is 1. The van der Waals surface area contributed by atoms with E-state index in [9.17, 15) is 13.2 Å². The van der Waals surface area contributed by atoms with Crippen LogP contribution in [0, 0.1) is 5.82 Å². The fourth-order valence-corrected chi connectivity index (χ4v) is 3.36. The topological polar surface area (TPSA) is 61.7 Å². The number of alkyl halides is 2. The van der Waals surface area contributed by atoms with Gasteiger partial charge in [-0.25, -0.2) is 14.1 Å². The summed E-state index contributed by atoms with van der Waals surface area (Å²) < 4.78 is 56.4. The van der Waals surface area contributed by atoms with E-state index in [0.717, 1.165) is 5.56 Å². The number of hydrogen-bond acceptors (Lipinski definition) is 5. The molecular formula is C18H12F3N3O3. The van der Waals surface area contributed by atoms with E-state index in [-0.39, 0.29) is 17.3 Å². The molecule has 3 aromatic rings. The highest BCUT2D eigenvalue weighted by Gasteiger charge is 2.59. The second-order valence-electron chi connectivity index (χ2n) is 6.36. The predicted molar refractivity (Wildman–Crippen MR) is 84.6 cm³/mol. The Kier molecular flexibility index (Phi) is 3.26. The van der Waals surface area contributed by atoms with Gasteiger partial charge >= 0.3 is 6.29 Å². The quantitative estimate of drug-likeness (QED) is 0.654. The number of ether oxygens (including phenoxy) is 3. The third-order valence-corrected chi connectivity index (χ3v) is 4.62. The van der Waals surface area contributed by atoms with Crippen LogP contribution in [0.3, 0.4) is 0 Å². The van der Waals surface area contributed by atoms with Gasteiger partial charge in [-0.05, 0) is 35.4 Å². The third-order valence-electron chi connectivity index (χ3n) is 4.62. The molecule has 2 unspecified atom stereocenters. The first-order valence-electron chi connectivity index (χ1n) is 8.11. The molecule has 2 aromatic carbocycles. The fourth-order valence-electron chi connectivity index (χ4n) is 3.36. The first kappa shape index (κ1) is 16.1. The monoisotopic (exact) mass is 375 g/mol. The zero-order chi connectivity index (χ0) is 18.6. The summed E-state index contributed by atoms with van der Waals surface area (Å²) >= 11 is 0. The van der Waals surface area contributed by atoms with Gasteiger partial charge in [0.2, 0.25) is 0 Å². The summed E-state index contributed by atoms with van der Waals surface area (Å²) in [5.41, 5.74) is 0.560. The number of rotatable bonds is 4. The van der Waals surface area contributed by atoms with Gasteiger partial charge in [0.05, 0.1) is 6.54 Å². The third kappa shape index (κ3) is 2.71. The maximum absolute atomic E-state index is 13.3. The van der Waals surface area contributed by atoms with Crippen LogP contribution >= 0.6 is 0 Å². The molecule has 2 aliphatic rings. The molecule has 9 heteroatoms. The highest BCUT2D eigenvalue weighted by Crippen LogP contribution is 2.59. The molecule has 138 valence electrons. The molecule has 27 heavy (non-hydrogen) atoms. The lowest BCUT2D eigenvalue weighted by Crippen LogP contribution is -2.25. The number of halogens is 3. The summed E-state index contributed by atoms with van der Waals surface area (Å²) in [6.07, 6.45) is -1.18. The fraction of sp³-hybridized carbons (Fsp3) is 0.222. The van der Waals surface area contributed by atoms with Crippen molar-refractivity contribution in [2.75, 3.05) is 0 Å². The van der Waals surface area contributed by atoms with E-state index in [0.29, 0.717) is 12.1 Å². The van der Waals surface area contributed by atoms with Crippen LogP contribution in [0.25, 0.3) is 0 Å². The molecule has 1 aromatic heterocycles. The Morgan fingerprint density at radius 1 is 1.04 bits per heavy atom. The average molecular weight is 375 g/mol. The summed E-state index contributed by atoms with van der Waals surface area (Å²) in [6, 6.07) is 10.5. The molecule has 0 N–H and O–H groups in total. The Balaban J connectivity index is 1.50. The van der Waals surface area contributed by atoms with Crippen molar-refractivity contribution in [2.45, 2.75) is 24.5 Å². The van der Waals surface area contributed by atoms with Crippen LogP contribution in [0.1, 0.15) is 17.2 Å². The van der Waals surface area contributed by atoms with Gasteiger partial charge in [-0.15, -0.1) is 8.78 Å². The van der Waals surface area contributed by atoms with E-state index in [1.54, 1.807) is 29.2 Å². The van der Waals surface area contributed by atoms with Crippen molar-refractivity contribution in [1.82, 2.24) is 14.8 Å². The Labute approximate surface area is 151 Å². The van der Waals surface area contributed by atoms with Crippen molar-refractivity contribution in [1.29, 1.82) is 0 Å². The second-order valence-corrected chi connectivity index (χ2v) is 6.36. The van der Waals surface area contributed by atoms with Gasteiger partial charge in [0.1, 0.15) is 30.2 Å². The zero-order valence-corrected chi connectivity index (χ0v) is 13.7. The van der Waals surface area contributed by atoms with E-state index < -0.39 is 18.0 Å². The first-order chi connectivity index (χ1) is 13.0. The molecule has 0 spiro atoms. The maximum atomic E-state index is 13.3. The van der Waals surface area contributed by atoms with E-state index >= 15 is 0 Å². The Morgan fingerprint density at radius 3 is 2.56 bits per heavy atom. The molecule has 5 rings (SSSR count). The maximum Gasteiger partial charge on any atom is 0.586 e. The minimum atomic E-state index is -3.68. The number of hydrogen-bond donors (Lipinski definition) is 0. The van der Waals surface area contributed by atoms with Crippen LogP contribution in [-0.2, 0) is 16.9 Å². The van der Waals surface area contributed by atoms with Crippen LogP contribution in [0.2, 0.25) is 0 Å². The Bertz CT molecular complexity index is 995. The Morgan fingerprint density at radius 2 is 1.81 bits per heavy atom. The largest absolute Gasteiger partial charge is 0.586 e. The molecule has 0 saturated carbocycles. The van der Waals surface area contributed by atoms with Crippen molar-refractivity contribution in [3.8, 4) is 11.5 Å². The van der Waals surface area contributed by atoms with E-state index in [1.165, 1.54) is 30.6 Å². The SMILES string of the molecule is Fc1ccc(C2(Cn3cncn3)OC2c2ccc3c(c2)OC(F)(F)O3)cc1. The van der Waals surface area contributed by atoms with Gasteiger partial charge < -0.3 is 14.2 Å². The van der Waals surface area contributed by atoms with Crippen molar-refractivity contribution < 1.29 is 27.4 Å². The van der Waals surface area contributed by atoms with Gasteiger partial charge in [0.15, 0.2) is 11.5 Å². The summed E-state index contributed by atoms with van der Waals surface area (Å²) in [6.45, 7) is 0.327. The zero-order valence-electron chi connectivity index (χ0n) is 13.7. The molecule has 6 nitrogen and oxygen atoms in total. The predicted octanol–water partition coefficient (Wildman–Crippen LogP) is 3.41. The van der Waals surface area contributed by atoms with E-state index in [2.05, 4.69) is 19.6 Å². The van der Waals surface area contributed by atoms with Crippen LogP contribution < -0.4 is 9.47 Å². The van der Waals surface area contributed by atoms with Crippen LogP contribution in [0.5, 0.6) is 11.5 Å². The van der Waals surface area contributed by atoms with Crippen molar-refractivity contribution in [2.24, 2.45) is 0 Å². The number of fused-ring (bicyclic) bond motifs is 1. The molecule has 0 aliphatic carbocycles. The van der Waals surface area contributed by atoms with Gasteiger partial charge in [-0.2, -0.15) is 5.10 Å². The molecule has 3 heterocycles.